The molecule has 88 valence electrons. The Morgan fingerprint density at radius 2 is 2.00 bits per heavy atom. The van der Waals surface area contributed by atoms with Crippen LogP contribution in [0.25, 0.3) is 0 Å². The molecule has 0 bridgehead atoms. The standard InChI is InChI=1S/C9H17IN2O3/c1-5-8(3,11)9(10,6(2)13)12-7(14)15-4/h5,11H2,1-4H3,(H,12,14)/t8-,9+/m0/s1. The van der Waals surface area contributed by atoms with E-state index in [1.807, 2.05) is 29.5 Å². The lowest BCUT2D eigenvalue weighted by atomic mass is 9.88. The zero-order chi connectivity index (χ0) is 12.3. The minimum atomic E-state index is -1.15. The second kappa shape index (κ2) is 5.11. The van der Waals surface area contributed by atoms with Crippen molar-refractivity contribution in [3.63, 3.8) is 0 Å². The Labute approximate surface area is 103 Å². The van der Waals surface area contributed by atoms with Crippen LogP contribution in [0.4, 0.5) is 4.79 Å². The lowest BCUT2D eigenvalue weighted by molar-refractivity contribution is -0.121. The Morgan fingerprint density at radius 3 is 2.27 bits per heavy atom. The Morgan fingerprint density at radius 1 is 1.53 bits per heavy atom. The van der Waals surface area contributed by atoms with E-state index >= 15 is 0 Å². The van der Waals surface area contributed by atoms with E-state index in [0.29, 0.717) is 6.42 Å². The summed E-state index contributed by atoms with van der Waals surface area (Å²) >= 11 is 1.86. The van der Waals surface area contributed by atoms with Gasteiger partial charge in [0.25, 0.3) is 0 Å². The molecule has 0 aliphatic rings. The first-order valence-corrected chi connectivity index (χ1v) is 5.64. The summed E-state index contributed by atoms with van der Waals surface area (Å²) in [6.45, 7) is 4.97. The van der Waals surface area contributed by atoms with Crippen molar-refractivity contribution < 1.29 is 14.3 Å². The summed E-state index contributed by atoms with van der Waals surface area (Å²) in [5.74, 6) is -0.208. The second-order valence-electron chi connectivity index (χ2n) is 3.60. The zero-order valence-corrected chi connectivity index (χ0v) is 11.5. The van der Waals surface area contributed by atoms with Crippen molar-refractivity contribution in [1.82, 2.24) is 5.32 Å². The summed E-state index contributed by atoms with van der Waals surface area (Å²) in [6, 6.07) is 0. The number of Topliss-reactive ketones (excluding diaryl/α,β-unsaturated/α-hetero) is 1. The topological polar surface area (TPSA) is 81.4 Å². The molecule has 0 heterocycles. The van der Waals surface area contributed by atoms with Crippen molar-refractivity contribution in [3.05, 3.63) is 0 Å². The van der Waals surface area contributed by atoms with Gasteiger partial charge in [0.15, 0.2) is 9.33 Å². The number of halogens is 1. The van der Waals surface area contributed by atoms with Crippen molar-refractivity contribution in [2.75, 3.05) is 7.11 Å². The van der Waals surface area contributed by atoms with Crippen LogP contribution in [0.2, 0.25) is 0 Å². The lowest BCUT2D eigenvalue weighted by Gasteiger charge is -2.39. The predicted molar refractivity (Wildman–Crippen MR) is 65.9 cm³/mol. The number of hydrogen-bond donors (Lipinski definition) is 2. The largest absolute Gasteiger partial charge is 0.453 e. The Bertz CT molecular complexity index is 268. The number of nitrogens with two attached hydrogens (primary N) is 1. The number of rotatable bonds is 4. The number of ether oxygens (including phenoxy) is 1. The van der Waals surface area contributed by atoms with E-state index in [1.54, 1.807) is 6.92 Å². The summed E-state index contributed by atoms with van der Waals surface area (Å²) in [6.07, 6.45) is -0.107. The number of amides is 1. The van der Waals surface area contributed by atoms with Crippen molar-refractivity contribution in [1.29, 1.82) is 0 Å². The summed E-state index contributed by atoms with van der Waals surface area (Å²) < 4.78 is 3.33. The normalized spacial score (nSPS) is 18.5. The third-order valence-corrected chi connectivity index (χ3v) is 4.73. The van der Waals surface area contributed by atoms with Crippen LogP contribution < -0.4 is 11.1 Å². The molecule has 0 aliphatic heterocycles. The first kappa shape index (κ1) is 14.6. The summed E-state index contributed by atoms with van der Waals surface area (Å²) in [7, 11) is 1.24. The van der Waals surface area contributed by atoms with Gasteiger partial charge in [-0.15, -0.1) is 0 Å². The SMILES string of the molecule is CC[C@](C)(N)[C@](I)(NC(=O)OC)C(C)=O. The maximum absolute atomic E-state index is 11.6. The lowest BCUT2D eigenvalue weighted by Crippen LogP contribution is -2.67. The third-order valence-electron chi connectivity index (χ3n) is 2.47. The molecular formula is C9H17IN2O3. The van der Waals surface area contributed by atoms with Gasteiger partial charge in [0.1, 0.15) is 0 Å². The molecule has 0 rings (SSSR count). The molecule has 3 N–H and O–H groups in total. The number of carbonyl (C=O) groups excluding carboxylic acids is 2. The van der Waals surface area contributed by atoms with Gasteiger partial charge in [-0.2, -0.15) is 0 Å². The minimum Gasteiger partial charge on any atom is -0.453 e. The van der Waals surface area contributed by atoms with Gasteiger partial charge in [-0.05, 0) is 42.9 Å². The highest BCUT2D eigenvalue weighted by atomic mass is 127. The average Bonchev–Trinajstić information content (AvgIpc) is 2.16. The molecule has 0 spiro atoms. The molecule has 0 saturated heterocycles. The second-order valence-corrected chi connectivity index (χ2v) is 5.22. The quantitative estimate of drug-likeness (QED) is 0.461. The van der Waals surface area contributed by atoms with Crippen LogP contribution in [-0.4, -0.2) is 28.1 Å². The van der Waals surface area contributed by atoms with E-state index < -0.39 is 15.2 Å². The molecule has 0 aromatic rings. The van der Waals surface area contributed by atoms with Gasteiger partial charge in [0.2, 0.25) is 0 Å². The molecule has 15 heavy (non-hydrogen) atoms. The number of methoxy groups -OCH3 is 1. The van der Waals surface area contributed by atoms with Gasteiger partial charge < -0.3 is 10.5 Å². The van der Waals surface area contributed by atoms with Crippen LogP contribution in [-0.2, 0) is 9.53 Å². The maximum atomic E-state index is 11.6. The molecule has 0 aromatic heterocycles. The monoisotopic (exact) mass is 328 g/mol. The average molecular weight is 328 g/mol. The number of ketones is 1. The Balaban J connectivity index is 5.07. The van der Waals surface area contributed by atoms with Gasteiger partial charge >= 0.3 is 6.09 Å². The highest BCUT2D eigenvalue weighted by molar-refractivity contribution is 14.1. The van der Waals surface area contributed by atoms with Gasteiger partial charge in [-0.25, -0.2) is 4.79 Å². The van der Waals surface area contributed by atoms with E-state index in [9.17, 15) is 9.59 Å². The molecule has 6 heteroatoms. The zero-order valence-electron chi connectivity index (χ0n) is 9.39. The van der Waals surface area contributed by atoms with Gasteiger partial charge in [0, 0.05) is 0 Å². The molecule has 0 saturated carbocycles. The van der Waals surface area contributed by atoms with Crippen LogP contribution in [0.5, 0.6) is 0 Å². The molecule has 0 aliphatic carbocycles. The molecule has 0 unspecified atom stereocenters. The number of hydrogen-bond acceptors (Lipinski definition) is 4. The number of alkyl halides is 1. The molecule has 0 aromatic carbocycles. The van der Waals surface area contributed by atoms with E-state index in [4.69, 9.17) is 5.73 Å². The van der Waals surface area contributed by atoms with Crippen LogP contribution in [0, 0.1) is 0 Å². The maximum Gasteiger partial charge on any atom is 0.408 e. The minimum absolute atomic E-state index is 0.208. The third kappa shape index (κ3) is 3.04. The fraction of sp³-hybridized carbons (Fsp3) is 0.778. The molecule has 0 fully saturated rings. The van der Waals surface area contributed by atoms with Crippen LogP contribution in [0.3, 0.4) is 0 Å². The van der Waals surface area contributed by atoms with E-state index in [0.717, 1.165) is 0 Å². The smallest absolute Gasteiger partial charge is 0.408 e. The number of carbonyl (C=O) groups is 2. The van der Waals surface area contributed by atoms with Gasteiger partial charge in [-0.3, -0.25) is 10.1 Å². The highest BCUT2D eigenvalue weighted by Crippen LogP contribution is 2.31. The van der Waals surface area contributed by atoms with Crippen LogP contribution in [0.1, 0.15) is 27.2 Å². The summed E-state index contributed by atoms with van der Waals surface area (Å²) in [5.41, 5.74) is 5.17. The summed E-state index contributed by atoms with van der Waals surface area (Å²) in [4.78, 5) is 22.7. The first-order chi connectivity index (χ1) is 6.71. The number of alkyl carbamates (subject to hydrolysis) is 1. The summed E-state index contributed by atoms with van der Waals surface area (Å²) in [5, 5.41) is 2.48. The molecule has 2 atom stereocenters. The Kier molecular flexibility index (Phi) is 4.98. The molecule has 0 radical (unpaired) electrons. The van der Waals surface area contributed by atoms with Crippen LogP contribution >= 0.6 is 22.6 Å². The van der Waals surface area contributed by atoms with Crippen molar-refractivity contribution in [2.45, 2.75) is 36.3 Å². The fourth-order valence-electron chi connectivity index (χ4n) is 1.07. The van der Waals surface area contributed by atoms with E-state index in [-0.39, 0.29) is 5.78 Å². The van der Waals surface area contributed by atoms with E-state index in [1.165, 1.54) is 14.0 Å². The fourth-order valence-corrected chi connectivity index (χ4v) is 1.67. The first-order valence-electron chi connectivity index (χ1n) is 4.56. The molecule has 5 nitrogen and oxygen atoms in total. The van der Waals surface area contributed by atoms with Crippen molar-refractivity contribution in [2.24, 2.45) is 5.73 Å². The van der Waals surface area contributed by atoms with Gasteiger partial charge in [0.05, 0.1) is 12.6 Å². The Hall–Kier alpha value is -0.370. The molecular weight excluding hydrogens is 311 g/mol. The van der Waals surface area contributed by atoms with E-state index in [2.05, 4.69) is 10.1 Å². The van der Waals surface area contributed by atoms with Crippen molar-refractivity contribution >= 4 is 34.5 Å². The highest BCUT2D eigenvalue weighted by Gasteiger charge is 2.48. The molecule has 1 amide bonds. The van der Waals surface area contributed by atoms with Crippen molar-refractivity contribution in [3.8, 4) is 0 Å². The van der Waals surface area contributed by atoms with Gasteiger partial charge in [-0.1, -0.05) is 6.92 Å². The van der Waals surface area contributed by atoms with Crippen LogP contribution in [0.15, 0.2) is 0 Å². The number of nitrogens with one attached hydrogen (secondary N) is 1. The predicted octanol–water partition coefficient (Wildman–Crippen LogP) is 1.19.